The number of β-amino-alcohol motifs (C(OH)–C–C–N with tert-alkyl or cyclic N) is 1. The minimum Gasteiger partial charge on any atom is -0.496 e. The Labute approximate surface area is 317 Å². The van der Waals surface area contributed by atoms with Crippen molar-refractivity contribution in [3.63, 3.8) is 0 Å². The zero-order valence-corrected chi connectivity index (χ0v) is 33.7. The predicted molar refractivity (Wildman–Crippen MR) is 213 cm³/mol. The number of benzene rings is 2. The molecule has 6 rings (SSSR count). The van der Waals surface area contributed by atoms with Gasteiger partial charge in [0.2, 0.25) is 5.91 Å². The average molecular weight is 732 g/mol. The topological polar surface area (TPSA) is 118 Å². The molecule has 1 heterocycles. The van der Waals surface area contributed by atoms with Crippen LogP contribution in [-0.2, 0) is 11.3 Å². The van der Waals surface area contributed by atoms with Gasteiger partial charge in [-0.1, -0.05) is 58.9 Å². The molecule has 4 N–H and O–H groups in total. The van der Waals surface area contributed by atoms with Gasteiger partial charge >= 0.3 is 0 Å². The Bertz CT molecular complexity index is 1610. The molecule has 9 atom stereocenters. The van der Waals surface area contributed by atoms with Crippen molar-refractivity contribution >= 4 is 17.5 Å². The number of carbonyl (C=O) groups is 2. The molecule has 4 aliphatic rings. The molecule has 0 radical (unpaired) electrons. The van der Waals surface area contributed by atoms with E-state index in [-0.39, 0.29) is 35.9 Å². The number of hydrogen-bond acceptors (Lipinski definition) is 8. The maximum Gasteiger partial charge on any atom is 0.251 e. The number of para-hydroxylation sites is 1. The lowest BCUT2D eigenvalue weighted by Gasteiger charge is -2.62. The van der Waals surface area contributed by atoms with Gasteiger partial charge in [0.1, 0.15) is 5.75 Å². The molecule has 1 aliphatic heterocycles. The van der Waals surface area contributed by atoms with Crippen LogP contribution in [-0.4, -0.2) is 111 Å². The lowest BCUT2D eigenvalue weighted by molar-refractivity contribution is -0.139. The maximum absolute atomic E-state index is 14.3. The summed E-state index contributed by atoms with van der Waals surface area (Å²) < 4.78 is 6.11. The summed E-state index contributed by atoms with van der Waals surface area (Å²) in [5, 5.41) is 29.0. The molecule has 2 bridgehead atoms. The summed E-state index contributed by atoms with van der Waals surface area (Å²) in [6, 6.07) is 11.1. The smallest absolute Gasteiger partial charge is 0.251 e. The molecule has 292 valence electrons. The van der Waals surface area contributed by atoms with Gasteiger partial charge < -0.3 is 35.4 Å². The van der Waals surface area contributed by atoms with E-state index in [0.29, 0.717) is 41.5 Å². The number of nitrogens with zero attached hydrogens (tertiary/aromatic N) is 3. The van der Waals surface area contributed by atoms with Crippen LogP contribution in [0.5, 0.6) is 5.75 Å². The van der Waals surface area contributed by atoms with Gasteiger partial charge in [-0.2, -0.15) is 0 Å². The SMILES string of the molecule is C=C[C@H](O)[C@H]1[C@@H](C(=O)NC2C[C@H]3C[C@@H]([C@@H]2C)C3(C)C)N(Cc2cccc(-c3cc(C(=O)NC(CC(C)C)CN(C)C)cc(N(C)C)c3)c2OC)C[C@@H]1O. The van der Waals surface area contributed by atoms with Gasteiger partial charge in [0.05, 0.1) is 25.4 Å². The molecule has 3 aliphatic carbocycles. The highest BCUT2D eigenvalue weighted by atomic mass is 16.5. The summed E-state index contributed by atoms with van der Waals surface area (Å²) in [4.78, 5) is 34.1. The van der Waals surface area contributed by atoms with Crippen molar-refractivity contribution in [2.45, 2.75) is 90.8 Å². The summed E-state index contributed by atoms with van der Waals surface area (Å²) in [5.41, 5.74) is 4.21. The van der Waals surface area contributed by atoms with Crippen LogP contribution >= 0.6 is 0 Å². The van der Waals surface area contributed by atoms with Crippen LogP contribution in [0.2, 0.25) is 0 Å². The number of aliphatic hydroxyl groups excluding tert-OH is 2. The second kappa shape index (κ2) is 16.5. The van der Waals surface area contributed by atoms with Crippen LogP contribution in [0.15, 0.2) is 49.1 Å². The summed E-state index contributed by atoms with van der Waals surface area (Å²) >= 11 is 0. The van der Waals surface area contributed by atoms with Crippen LogP contribution in [0, 0.1) is 35.0 Å². The third-order valence-electron chi connectivity index (χ3n) is 12.6. The number of fused-ring (bicyclic) bond motifs is 2. The molecule has 2 unspecified atom stereocenters. The van der Waals surface area contributed by atoms with E-state index in [1.165, 1.54) is 12.5 Å². The normalized spacial score (nSPS) is 27.5. The van der Waals surface area contributed by atoms with Gasteiger partial charge in [-0.05, 0) is 86.2 Å². The van der Waals surface area contributed by atoms with E-state index in [1.54, 1.807) is 7.11 Å². The van der Waals surface area contributed by atoms with Crippen LogP contribution in [0.1, 0.15) is 69.8 Å². The largest absolute Gasteiger partial charge is 0.496 e. The second-order valence-electron chi connectivity index (χ2n) is 17.5. The minimum atomic E-state index is -1.05. The van der Waals surface area contributed by atoms with Crippen LogP contribution in [0.25, 0.3) is 11.1 Å². The number of likely N-dealkylation sites (N-methyl/N-ethyl adjacent to an activating group) is 1. The van der Waals surface area contributed by atoms with E-state index in [4.69, 9.17) is 4.74 Å². The Morgan fingerprint density at radius 1 is 1.13 bits per heavy atom. The van der Waals surface area contributed by atoms with E-state index >= 15 is 0 Å². The third-order valence-corrected chi connectivity index (χ3v) is 12.6. The second-order valence-corrected chi connectivity index (χ2v) is 17.5. The quantitative estimate of drug-likeness (QED) is 0.189. The van der Waals surface area contributed by atoms with Crippen LogP contribution in [0.3, 0.4) is 0 Å². The van der Waals surface area contributed by atoms with Gasteiger partial charge in [-0.15, -0.1) is 6.58 Å². The Kier molecular flexibility index (Phi) is 12.7. The van der Waals surface area contributed by atoms with E-state index in [0.717, 1.165) is 41.8 Å². The number of ether oxygens (including phenoxy) is 1. The number of aliphatic hydroxyl groups is 2. The molecular formula is C43H65N5O5. The molecule has 10 nitrogen and oxygen atoms in total. The molecule has 2 aromatic carbocycles. The number of rotatable bonds is 15. The van der Waals surface area contributed by atoms with Crippen molar-refractivity contribution in [2.24, 2.45) is 35.0 Å². The number of amides is 2. The first-order chi connectivity index (χ1) is 25.0. The predicted octanol–water partition coefficient (Wildman–Crippen LogP) is 5.03. The number of anilines is 1. The monoisotopic (exact) mass is 731 g/mol. The highest BCUT2D eigenvalue weighted by Gasteiger charge is 2.57. The summed E-state index contributed by atoms with van der Waals surface area (Å²) in [6.45, 7) is 16.3. The van der Waals surface area contributed by atoms with Crippen molar-refractivity contribution in [3.05, 3.63) is 60.2 Å². The van der Waals surface area contributed by atoms with E-state index in [1.807, 2.05) is 74.4 Å². The molecule has 10 heteroatoms. The maximum atomic E-state index is 14.3. The van der Waals surface area contributed by atoms with Gasteiger partial charge in [0.15, 0.2) is 0 Å². The van der Waals surface area contributed by atoms with Gasteiger partial charge in [0, 0.05) is 74.1 Å². The Hall–Kier alpha value is -3.44. The zero-order valence-electron chi connectivity index (χ0n) is 33.7. The lowest BCUT2D eigenvalue weighted by Crippen LogP contribution is -2.62. The molecule has 2 amide bonds. The van der Waals surface area contributed by atoms with Crippen LogP contribution < -0.4 is 20.3 Å². The Morgan fingerprint density at radius 3 is 2.43 bits per heavy atom. The summed E-state index contributed by atoms with van der Waals surface area (Å²) in [6.07, 6.45) is 2.46. The highest BCUT2D eigenvalue weighted by Crippen LogP contribution is 2.61. The summed E-state index contributed by atoms with van der Waals surface area (Å²) in [7, 11) is 9.58. The number of methoxy groups -OCH3 is 1. The fourth-order valence-electron chi connectivity index (χ4n) is 9.62. The fraction of sp³-hybridized carbons (Fsp3) is 0.628. The van der Waals surface area contributed by atoms with Gasteiger partial charge in [-0.3, -0.25) is 14.5 Å². The van der Waals surface area contributed by atoms with Gasteiger partial charge in [0.25, 0.3) is 5.91 Å². The molecule has 0 spiro atoms. The third kappa shape index (κ3) is 8.61. The van der Waals surface area contributed by atoms with Crippen molar-refractivity contribution in [1.82, 2.24) is 20.4 Å². The fourth-order valence-corrected chi connectivity index (χ4v) is 9.62. The van der Waals surface area contributed by atoms with Crippen molar-refractivity contribution in [3.8, 4) is 16.9 Å². The standard InChI is InChI=1S/C43H65N5O5/c1-12-36(49)38-37(50)24-48(39(38)42(52)45-35-21-30-20-34(26(35)4)43(30,5)6)22-27-14-13-15-33(40(27)53-11)28-17-29(19-32(18-28)47(9)10)41(51)44-31(16-25(2)3)23-46(7)8/h12-15,17-19,25-26,30-31,34-39,49-50H,1,16,20-24H2,2-11H3,(H,44,51)(H,45,52)/t26-,30+,31?,34-,35?,36-,37-,38+,39-/m0/s1. The molecule has 4 fully saturated rings. The first-order valence-electron chi connectivity index (χ1n) is 19.4. The minimum absolute atomic E-state index is 0.00470. The van der Waals surface area contributed by atoms with Crippen molar-refractivity contribution < 1.29 is 24.5 Å². The zero-order chi connectivity index (χ0) is 38.9. The number of carbonyl (C=O) groups excluding carboxylic acids is 2. The first kappa shape index (κ1) is 40.7. The number of likely N-dealkylation sites (tertiary alicyclic amines) is 1. The number of nitrogens with one attached hydrogen (secondary N) is 2. The Balaban J connectivity index is 1.45. The first-order valence-corrected chi connectivity index (χ1v) is 19.4. The number of hydrogen-bond donors (Lipinski definition) is 4. The van der Waals surface area contributed by atoms with E-state index in [9.17, 15) is 19.8 Å². The Morgan fingerprint density at radius 2 is 1.85 bits per heavy atom. The molecular weight excluding hydrogens is 667 g/mol. The average Bonchev–Trinajstić information content (AvgIpc) is 3.42. The van der Waals surface area contributed by atoms with Crippen LogP contribution in [0.4, 0.5) is 5.69 Å². The van der Waals surface area contributed by atoms with Gasteiger partial charge in [-0.25, -0.2) is 0 Å². The molecule has 2 aromatic rings. The highest BCUT2D eigenvalue weighted by molar-refractivity contribution is 5.97. The molecule has 1 saturated heterocycles. The molecule has 53 heavy (non-hydrogen) atoms. The van der Waals surface area contributed by atoms with Crippen molar-refractivity contribution in [1.29, 1.82) is 0 Å². The molecule has 0 aromatic heterocycles. The van der Waals surface area contributed by atoms with Crippen molar-refractivity contribution in [2.75, 3.05) is 53.3 Å². The summed E-state index contributed by atoms with van der Waals surface area (Å²) in [5.74, 6) is 1.53. The van der Waals surface area contributed by atoms with E-state index in [2.05, 4.69) is 56.7 Å². The molecule has 3 saturated carbocycles. The van der Waals surface area contributed by atoms with E-state index < -0.39 is 24.2 Å². The lowest BCUT2D eigenvalue weighted by atomic mass is 9.45.